The van der Waals surface area contributed by atoms with Crippen LogP contribution < -0.4 is 4.74 Å². The zero-order valence-electron chi connectivity index (χ0n) is 7.25. The first-order valence-electron chi connectivity index (χ1n) is 3.77. The molecule has 0 heterocycles. The maximum atomic E-state index is 12.0. The average molecular weight is 326 g/mol. The van der Waals surface area contributed by atoms with Crippen LogP contribution in [0.5, 0.6) is 5.75 Å². The van der Waals surface area contributed by atoms with Crippen molar-refractivity contribution < 1.29 is 23.1 Å². The molecule has 1 aromatic carbocycles. The lowest BCUT2D eigenvalue weighted by Crippen LogP contribution is -2.06. The van der Waals surface area contributed by atoms with Crippen molar-refractivity contribution >= 4 is 35.2 Å². The van der Waals surface area contributed by atoms with Crippen LogP contribution >= 0.6 is 22.6 Å². The largest absolute Gasteiger partial charge is 0.433 e. The number of hydrogen-bond donors (Lipinski definition) is 0. The van der Waals surface area contributed by atoms with Crippen LogP contribution in [0.1, 0.15) is 20.7 Å². The Morgan fingerprint density at radius 2 is 1.93 bits per heavy atom. The van der Waals surface area contributed by atoms with Gasteiger partial charge >= 0.3 is 6.61 Å². The maximum absolute atomic E-state index is 12.0. The molecule has 3 nitrogen and oxygen atoms in total. The summed E-state index contributed by atoms with van der Waals surface area (Å²) in [6, 6.07) is 2.55. The zero-order chi connectivity index (χ0) is 11.4. The number of hydrogen-bond acceptors (Lipinski definition) is 3. The minimum absolute atomic E-state index is 0.0655. The molecule has 0 aliphatic heterocycles. The van der Waals surface area contributed by atoms with Crippen molar-refractivity contribution in [3.8, 4) is 5.75 Å². The van der Waals surface area contributed by atoms with Gasteiger partial charge in [-0.2, -0.15) is 8.78 Å². The molecule has 0 aliphatic rings. The Morgan fingerprint density at radius 1 is 1.27 bits per heavy atom. The molecule has 0 aromatic heterocycles. The third kappa shape index (κ3) is 2.95. The van der Waals surface area contributed by atoms with Crippen LogP contribution in [0.25, 0.3) is 0 Å². The van der Waals surface area contributed by atoms with E-state index in [1.165, 1.54) is 12.1 Å². The Labute approximate surface area is 97.6 Å². The number of ether oxygens (including phenoxy) is 1. The molecule has 0 unspecified atom stereocenters. The predicted molar refractivity (Wildman–Crippen MR) is 56.6 cm³/mol. The Morgan fingerprint density at radius 3 is 2.40 bits per heavy atom. The van der Waals surface area contributed by atoms with E-state index < -0.39 is 6.61 Å². The van der Waals surface area contributed by atoms with Crippen molar-refractivity contribution in [1.29, 1.82) is 0 Å². The highest BCUT2D eigenvalue weighted by atomic mass is 127. The Kier molecular flexibility index (Phi) is 4.13. The summed E-state index contributed by atoms with van der Waals surface area (Å²) in [5, 5.41) is 0. The van der Waals surface area contributed by atoms with Gasteiger partial charge in [0.15, 0.2) is 6.29 Å². The number of carbonyl (C=O) groups excluding carboxylic acids is 2. The van der Waals surface area contributed by atoms with E-state index in [-0.39, 0.29) is 16.9 Å². The van der Waals surface area contributed by atoms with Gasteiger partial charge in [-0.15, -0.1) is 0 Å². The predicted octanol–water partition coefficient (Wildman–Crippen LogP) is 2.52. The topological polar surface area (TPSA) is 43.4 Å². The van der Waals surface area contributed by atoms with Crippen LogP contribution in [-0.4, -0.2) is 19.2 Å². The third-order valence-electron chi connectivity index (χ3n) is 1.56. The third-order valence-corrected chi connectivity index (χ3v) is 2.37. The summed E-state index contributed by atoms with van der Waals surface area (Å²) in [7, 11) is 0. The lowest BCUT2D eigenvalue weighted by Gasteiger charge is -2.09. The number of alkyl halides is 2. The molecule has 80 valence electrons. The highest BCUT2D eigenvalue weighted by molar-refractivity contribution is 14.1. The van der Waals surface area contributed by atoms with Gasteiger partial charge in [0.2, 0.25) is 0 Å². The molecule has 0 aliphatic carbocycles. The number of aldehydes is 2. The molecule has 0 saturated heterocycles. The quantitative estimate of drug-likeness (QED) is 0.631. The van der Waals surface area contributed by atoms with Crippen molar-refractivity contribution in [2.75, 3.05) is 0 Å². The number of benzene rings is 1. The first kappa shape index (κ1) is 12.0. The summed E-state index contributed by atoms with van der Waals surface area (Å²) in [5.41, 5.74) is 0.174. The highest BCUT2D eigenvalue weighted by Crippen LogP contribution is 2.27. The lowest BCUT2D eigenvalue weighted by molar-refractivity contribution is -0.0506. The molecule has 1 aromatic rings. The van der Waals surface area contributed by atoms with Crippen molar-refractivity contribution in [2.45, 2.75) is 6.61 Å². The molecule has 0 fully saturated rings. The van der Waals surface area contributed by atoms with E-state index in [1.54, 1.807) is 22.6 Å². The van der Waals surface area contributed by atoms with Crippen LogP contribution in [0.4, 0.5) is 8.78 Å². The first-order valence-corrected chi connectivity index (χ1v) is 4.85. The van der Waals surface area contributed by atoms with E-state index in [9.17, 15) is 18.4 Å². The van der Waals surface area contributed by atoms with Gasteiger partial charge in [0.05, 0.1) is 9.13 Å². The average Bonchev–Trinajstić information content (AvgIpc) is 2.20. The van der Waals surface area contributed by atoms with Gasteiger partial charge in [-0.25, -0.2) is 0 Å². The Bertz CT molecular complexity index is 393. The normalized spacial score (nSPS) is 10.1. The molecule has 0 N–H and O–H groups in total. The Balaban J connectivity index is 3.24. The van der Waals surface area contributed by atoms with Gasteiger partial charge < -0.3 is 4.74 Å². The molecular weight excluding hydrogens is 321 g/mol. The van der Waals surface area contributed by atoms with Crippen LogP contribution in [0.15, 0.2) is 12.1 Å². The summed E-state index contributed by atoms with van der Waals surface area (Å²) in [6.45, 7) is -3.00. The van der Waals surface area contributed by atoms with E-state index in [4.69, 9.17) is 0 Å². The van der Waals surface area contributed by atoms with E-state index in [0.717, 1.165) is 0 Å². The zero-order valence-corrected chi connectivity index (χ0v) is 9.40. The second-order valence-electron chi connectivity index (χ2n) is 2.54. The van der Waals surface area contributed by atoms with Gasteiger partial charge in [0.25, 0.3) is 0 Å². The van der Waals surface area contributed by atoms with Crippen molar-refractivity contribution in [3.05, 3.63) is 26.8 Å². The fraction of sp³-hybridized carbons (Fsp3) is 0.111. The van der Waals surface area contributed by atoms with Crippen LogP contribution in [0, 0.1) is 3.57 Å². The smallest absolute Gasteiger partial charge is 0.387 e. The summed E-state index contributed by atoms with van der Waals surface area (Å²) in [4.78, 5) is 21.0. The maximum Gasteiger partial charge on any atom is 0.387 e. The van der Waals surface area contributed by atoms with Crippen molar-refractivity contribution in [2.24, 2.45) is 0 Å². The van der Waals surface area contributed by atoms with Crippen LogP contribution in [-0.2, 0) is 0 Å². The molecule has 1 rings (SSSR count). The number of carbonyl (C=O) groups is 2. The summed E-state index contributed by atoms with van der Waals surface area (Å²) >= 11 is 1.72. The molecular formula is C9H5F2IO3. The van der Waals surface area contributed by atoms with Crippen LogP contribution in [0.3, 0.4) is 0 Å². The minimum atomic E-state index is -3.00. The van der Waals surface area contributed by atoms with E-state index in [0.29, 0.717) is 16.1 Å². The molecule has 0 atom stereocenters. The lowest BCUT2D eigenvalue weighted by atomic mass is 10.1. The van der Waals surface area contributed by atoms with Crippen molar-refractivity contribution in [3.63, 3.8) is 0 Å². The molecule has 0 amide bonds. The Hall–Kier alpha value is -1.05. The molecule has 6 heteroatoms. The monoisotopic (exact) mass is 326 g/mol. The molecule has 0 saturated carbocycles. The SMILES string of the molecule is O=Cc1cc(I)c(OC(F)F)c(C=O)c1. The summed E-state index contributed by atoms with van der Waals surface area (Å²) in [6.07, 6.45) is 0.897. The molecule has 15 heavy (non-hydrogen) atoms. The van der Waals surface area contributed by atoms with Crippen molar-refractivity contribution in [1.82, 2.24) is 0 Å². The van der Waals surface area contributed by atoms with Gasteiger partial charge in [0.1, 0.15) is 12.0 Å². The second-order valence-corrected chi connectivity index (χ2v) is 3.70. The fourth-order valence-electron chi connectivity index (χ4n) is 1.01. The van der Waals surface area contributed by atoms with Gasteiger partial charge in [-0.05, 0) is 34.7 Å². The molecule has 0 radical (unpaired) electrons. The standard InChI is InChI=1S/C9H5F2IO3/c10-9(11)15-8-6(4-14)1-5(3-13)2-7(8)12/h1-4,9H. The van der Waals surface area contributed by atoms with E-state index in [2.05, 4.69) is 4.74 Å². The first-order chi connectivity index (χ1) is 7.08. The van der Waals surface area contributed by atoms with Crippen LogP contribution in [0.2, 0.25) is 0 Å². The molecule has 0 spiro atoms. The second kappa shape index (κ2) is 5.15. The van der Waals surface area contributed by atoms with Gasteiger partial charge in [-0.1, -0.05) is 0 Å². The minimum Gasteiger partial charge on any atom is -0.433 e. The van der Waals surface area contributed by atoms with E-state index in [1.807, 2.05) is 0 Å². The molecule has 0 bridgehead atoms. The van der Waals surface area contributed by atoms with E-state index >= 15 is 0 Å². The number of rotatable bonds is 4. The summed E-state index contributed by atoms with van der Waals surface area (Å²) in [5.74, 6) is -0.203. The highest BCUT2D eigenvalue weighted by Gasteiger charge is 2.14. The fourth-order valence-corrected chi connectivity index (χ4v) is 1.80. The van der Waals surface area contributed by atoms with Gasteiger partial charge in [-0.3, -0.25) is 9.59 Å². The van der Waals surface area contributed by atoms with Gasteiger partial charge in [0, 0.05) is 5.56 Å². The number of halogens is 3. The summed E-state index contributed by atoms with van der Waals surface area (Å²) < 4.78 is 28.4.